The van der Waals surface area contributed by atoms with Crippen molar-refractivity contribution in [3.63, 3.8) is 0 Å². The summed E-state index contributed by atoms with van der Waals surface area (Å²) in [5, 5.41) is 17.0. The van der Waals surface area contributed by atoms with Gasteiger partial charge in [-0.25, -0.2) is 0 Å². The molecule has 0 heterocycles. The Kier molecular flexibility index (Phi) is 17.0. The maximum absolute atomic E-state index is 8.61. The van der Waals surface area contributed by atoms with E-state index in [9.17, 15) is 0 Å². The van der Waals surface area contributed by atoms with Crippen LogP contribution in [0.3, 0.4) is 0 Å². The summed E-state index contributed by atoms with van der Waals surface area (Å²) in [6.45, 7) is -0.144. The first-order valence-corrected chi connectivity index (χ1v) is 4.40. The van der Waals surface area contributed by atoms with Crippen LogP contribution in [0.15, 0.2) is 0 Å². The molecule has 90 valence electrons. The Morgan fingerprint density at radius 1 is 0.929 bits per heavy atom. The van der Waals surface area contributed by atoms with E-state index in [2.05, 4.69) is 0 Å². The summed E-state index contributed by atoms with van der Waals surface area (Å²) in [6, 6.07) is -0.586. The van der Waals surface area contributed by atoms with Crippen molar-refractivity contribution in [3.8, 4) is 0 Å². The largest absolute Gasteiger partial charge is 0.395 e. The van der Waals surface area contributed by atoms with E-state index in [1.165, 1.54) is 0 Å². The highest BCUT2D eigenvalue weighted by Gasteiger charge is 2.13. The molecule has 4 nitrogen and oxygen atoms in total. The predicted molar refractivity (Wildman–Crippen MR) is 63.5 cm³/mol. The topological polar surface area (TPSA) is 92.5 Å². The van der Waals surface area contributed by atoms with Gasteiger partial charge < -0.3 is 21.7 Å². The number of nitrogens with two attached hydrogens (primary N) is 2. The first-order valence-electron chi connectivity index (χ1n) is 3.97. The Bertz CT molecular complexity index is 109. The quantitative estimate of drug-likeness (QED) is 0.505. The Hall–Kier alpha value is 0.710. The van der Waals surface area contributed by atoms with Gasteiger partial charge in [-0.2, -0.15) is 0 Å². The molecule has 2 atom stereocenters. The lowest BCUT2D eigenvalue weighted by molar-refractivity contribution is 0.244. The van der Waals surface area contributed by atoms with Crippen molar-refractivity contribution in [2.45, 2.75) is 30.3 Å². The SMILES string of the molecule is Cl.Cl.NC(CO)CC(Cl)CC(N)CO. The summed E-state index contributed by atoms with van der Waals surface area (Å²) in [4.78, 5) is 0. The third-order valence-corrected chi connectivity index (χ3v) is 1.94. The van der Waals surface area contributed by atoms with E-state index in [1.807, 2.05) is 0 Å². The Morgan fingerprint density at radius 2 is 1.21 bits per heavy atom. The number of rotatable bonds is 6. The lowest BCUT2D eigenvalue weighted by Crippen LogP contribution is -2.32. The van der Waals surface area contributed by atoms with Gasteiger partial charge in [-0.1, -0.05) is 0 Å². The Balaban J connectivity index is -0.000000605. The van der Waals surface area contributed by atoms with E-state index in [4.69, 9.17) is 33.3 Å². The fraction of sp³-hybridized carbons (Fsp3) is 1.00. The van der Waals surface area contributed by atoms with Crippen molar-refractivity contribution in [3.05, 3.63) is 0 Å². The number of alkyl halides is 1. The monoisotopic (exact) mass is 268 g/mol. The molecule has 0 saturated carbocycles. The van der Waals surface area contributed by atoms with Gasteiger partial charge in [0.05, 0.1) is 13.2 Å². The van der Waals surface area contributed by atoms with Crippen molar-refractivity contribution in [1.29, 1.82) is 0 Å². The van der Waals surface area contributed by atoms with Crippen LogP contribution in [-0.2, 0) is 0 Å². The highest BCUT2D eigenvalue weighted by molar-refractivity contribution is 6.20. The molecule has 0 rings (SSSR count). The van der Waals surface area contributed by atoms with Crippen LogP contribution in [0.2, 0.25) is 0 Å². The maximum Gasteiger partial charge on any atom is 0.0583 e. The minimum absolute atomic E-state index is 0. The van der Waals surface area contributed by atoms with E-state index in [0.29, 0.717) is 12.8 Å². The minimum atomic E-state index is -0.293. The molecule has 0 aromatic rings. The molecule has 0 aromatic carbocycles. The standard InChI is InChI=1S/C7H17ClN2O2.2ClH/c8-5(1-6(9)3-11)2-7(10)4-12;;/h5-7,11-12H,1-4,9-10H2;2*1H. The van der Waals surface area contributed by atoms with Gasteiger partial charge >= 0.3 is 0 Å². The molecule has 7 heteroatoms. The molecule has 0 aliphatic carbocycles. The second-order valence-corrected chi connectivity index (χ2v) is 3.57. The maximum atomic E-state index is 8.61. The van der Waals surface area contributed by atoms with Gasteiger partial charge in [-0.15, -0.1) is 36.4 Å². The predicted octanol–water partition coefficient (Wildman–Crippen LogP) is -0.143. The number of aliphatic hydroxyl groups is 2. The smallest absolute Gasteiger partial charge is 0.0583 e. The van der Waals surface area contributed by atoms with Crippen LogP contribution in [0, 0.1) is 0 Å². The molecule has 14 heavy (non-hydrogen) atoms. The molecule has 0 fully saturated rings. The highest BCUT2D eigenvalue weighted by Crippen LogP contribution is 2.10. The van der Waals surface area contributed by atoms with E-state index >= 15 is 0 Å². The van der Waals surface area contributed by atoms with Crippen LogP contribution < -0.4 is 11.5 Å². The fourth-order valence-corrected chi connectivity index (χ4v) is 1.36. The summed E-state index contributed by atoms with van der Waals surface area (Å²) in [5.74, 6) is 0. The molecule has 2 unspecified atom stereocenters. The summed E-state index contributed by atoms with van der Waals surface area (Å²) >= 11 is 5.85. The fourth-order valence-electron chi connectivity index (χ4n) is 0.902. The van der Waals surface area contributed by atoms with Crippen LogP contribution in [0.5, 0.6) is 0 Å². The zero-order chi connectivity index (χ0) is 9.56. The van der Waals surface area contributed by atoms with Crippen LogP contribution >= 0.6 is 36.4 Å². The number of hydrogen-bond donors (Lipinski definition) is 4. The van der Waals surface area contributed by atoms with E-state index in [0.717, 1.165) is 0 Å². The van der Waals surface area contributed by atoms with E-state index in [1.54, 1.807) is 0 Å². The van der Waals surface area contributed by atoms with Gasteiger partial charge in [0.2, 0.25) is 0 Å². The zero-order valence-corrected chi connectivity index (χ0v) is 10.2. The first kappa shape index (κ1) is 20.2. The van der Waals surface area contributed by atoms with Gasteiger partial charge in [-0.3, -0.25) is 0 Å². The zero-order valence-electron chi connectivity index (χ0n) is 7.80. The number of hydrogen-bond acceptors (Lipinski definition) is 4. The molecule has 0 aliphatic rings. The molecular weight excluding hydrogens is 250 g/mol. The van der Waals surface area contributed by atoms with Gasteiger partial charge in [0.15, 0.2) is 0 Å². The molecule has 0 aliphatic heterocycles. The van der Waals surface area contributed by atoms with Crippen molar-refractivity contribution in [2.24, 2.45) is 11.5 Å². The highest BCUT2D eigenvalue weighted by atomic mass is 35.5. The average Bonchev–Trinajstić information content (AvgIpc) is 2.03. The van der Waals surface area contributed by atoms with Crippen molar-refractivity contribution in [2.75, 3.05) is 13.2 Å². The van der Waals surface area contributed by atoms with Gasteiger partial charge in [0, 0.05) is 17.5 Å². The van der Waals surface area contributed by atoms with Crippen molar-refractivity contribution in [1.82, 2.24) is 0 Å². The first-order chi connectivity index (χ1) is 5.60. The molecule has 0 bridgehead atoms. The van der Waals surface area contributed by atoms with Gasteiger partial charge in [0.25, 0.3) is 0 Å². The Morgan fingerprint density at radius 3 is 1.43 bits per heavy atom. The lowest BCUT2D eigenvalue weighted by atomic mass is 10.1. The summed E-state index contributed by atoms with van der Waals surface area (Å²) in [6.07, 6.45) is 1.04. The molecule has 0 spiro atoms. The summed E-state index contributed by atoms with van der Waals surface area (Å²) < 4.78 is 0. The molecular formula is C7H19Cl3N2O2. The molecule has 0 saturated heterocycles. The van der Waals surface area contributed by atoms with Crippen LogP contribution in [-0.4, -0.2) is 40.9 Å². The minimum Gasteiger partial charge on any atom is -0.395 e. The summed E-state index contributed by atoms with van der Waals surface area (Å²) in [5.41, 5.74) is 10.9. The van der Waals surface area contributed by atoms with Crippen molar-refractivity contribution >= 4 is 36.4 Å². The molecule has 0 aromatic heterocycles. The second kappa shape index (κ2) is 11.8. The second-order valence-electron chi connectivity index (χ2n) is 2.95. The lowest BCUT2D eigenvalue weighted by Gasteiger charge is -2.16. The van der Waals surface area contributed by atoms with Crippen LogP contribution in [0.4, 0.5) is 0 Å². The molecule has 6 N–H and O–H groups in total. The van der Waals surface area contributed by atoms with Crippen LogP contribution in [0.25, 0.3) is 0 Å². The summed E-state index contributed by atoms with van der Waals surface area (Å²) in [7, 11) is 0. The van der Waals surface area contributed by atoms with Gasteiger partial charge in [0.1, 0.15) is 0 Å². The van der Waals surface area contributed by atoms with Crippen LogP contribution in [0.1, 0.15) is 12.8 Å². The normalized spacial score (nSPS) is 16.1. The van der Waals surface area contributed by atoms with Crippen molar-refractivity contribution < 1.29 is 10.2 Å². The molecule has 0 amide bonds. The Labute approximate surface area is 102 Å². The van der Waals surface area contributed by atoms with E-state index < -0.39 is 0 Å². The average molecular weight is 270 g/mol. The third kappa shape index (κ3) is 10.8. The van der Waals surface area contributed by atoms with Gasteiger partial charge in [-0.05, 0) is 12.8 Å². The molecule has 0 radical (unpaired) electrons. The number of aliphatic hydroxyl groups excluding tert-OH is 2. The third-order valence-electron chi connectivity index (χ3n) is 1.59. The number of halogens is 3. The van der Waals surface area contributed by atoms with E-state index in [-0.39, 0.29) is 55.5 Å².